The molecule has 0 atom stereocenters. The van der Waals surface area contributed by atoms with E-state index in [0.29, 0.717) is 5.92 Å². The highest BCUT2D eigenvalue weighted by atomic mass is 16.4. The molecule has 4 heteroatoms. The number of hydrogen-bond donors (Lipinski definition) is 2. The quantitative estimate of drug-likeness (QED) is 0.491. The zero-order valence-electron chi connectivity index (χ0n) is 15.2. The van der Waals surface area contributed by atoms with Crippen molar-refractivity contribution in [3.63, 3.8) is 0 Å². The minimum Gasteiger partial charge on any atom is -0.478 e. The van der Waals surface area contributed by atoms with E-state index in [0.717, 1.165) is 33.5 Å². The van der Waals surface area contributed by atoms with Gasteiger partial charge in [-0.05, 0) is 47.4 Å². The summed E-state index contributed by atoms with van der Waals surface area (Å²) in [6.07, 6.45) is 0. The molecule has 0 amide bonds. The monoisotopic (exact) mass is 356 g/mol. The van der Waals surface area contributed by atoms with Crippen LogP contribution in [0.15, 0.2) is 66.7 Å². The molecule has 0 radical (unpaired) electrons. The molecule has 0 bridgehead atoms. The Bertz CT molecular complexity index is 1120. The minimum atomic E-state index is -0.921. The van der Waals surface area contributed by atoms with Crippen LogP contribution in [-0.2, 0) is 0 Å². The summed E-state index contributed by atoms with van der Waals surface area (Å²) in [5.74, 6) is -0.515. The van der Waals surface area contributed by atoms with Gasteiger partial charge in [-0.2, -0.15) is 0 Å². The Hall–Kier alpha value is -3.40. The number of aromatic amines is 1. The molecule has 2 heterocycles. The third kappa shape index (κ3) is 3.22. The van der Waals surface area contributed by atoms with E-state index >= 15 is 0 Å². The summed E-state index contributed by atoms with van der Waals surface area (Å²) in [5, 5.41) is 10.2. The van der Waals surface area contributed by atoms with Crippen LogP contribution in [0.3, 0.4) is 0 Å². The summed E-state index contributed by atoms with van der Waals surface area (Å²) in [4.78, 5) is 19.3. The lowest BCUT2D eigenvalue weighted by Crippen LogP contribution is -1.95. The van der Waals surface area contributed by atoms with Gasteiger partial charge in [0.15, 0.2) is 0 Å². The van der Waals surface area contributed by atoms with Gasteiger partial charge in [-0.25, -0.2) is 9.78 Å². The molecule has 2 aromatic carbocycles. The van der Waals surface area contributed by atoms with Gasteiger partial charge in [0.25, 0.3) is 0 Å². The highest BCUT2D eigenvalue weighted by Crippen LogP contribution is 2.28. The molecule has 0 aliphatic heterocycles. The van der Waals surface area contributed by atoms with Gasteiger partial charge in [0.05, 0.1) is 22.5 Å². The lowest BCUT2D eigenvalue weighted by atomic mass is 9.99. The van der Waals surface area contributed by atoms with Gasteiger partial charge in [0.2, 0.25) is 0 Å². The molecule has 0 saturated carbocycles. The second kappa shape index (κ2) is 6.72. The van der Waals surface area contributed by atoms with Crippen LogP contribution in [0, 0.1) is 0 Å². The second-order valence-corrected chi connectivity index (χ2v) is 6.94. The maximum Gasteiger partial charge on any atom is 0.335 e. The van der Waals surface area contributed by atoms with Crippen molar-refractivity contribution in [2.24, 2.45) is 0 Å². The number of pyridine rings is 1. The van der Waals surface area contributed by atoms with Crippen LogP contribution in [0.25, 0.3) is 33.5 Å². The number of carbonyl (C=O) groups is 1. The van der Waals surface area contributed by atoms with Gasteiger partial charge in [0, 0.05) is 11.1 Å². The Morgan fingerprint density at radius 3 is 2.37 bits per heavy atom. The Morgan fingerprint density at radius 1 is 0.926 bits per heavy atom. The van der Waals surface area contributed by atoms with Crippen LogP contribution >= 0.6 is 0 Å². The zero-order valence-corrected chi connectivity index (χ0v) is 15.2. The number of nitrogens with one attached hydrogen (secondary N) is 1. The van der Waals surface area contributed by atoms with Crippen molar-refractivity contribution in [1.29, 1.82) is 0 Å². The first-order valence-corrected chi connectivity index (χ1v) is 8.96. The number of benzene rings is 2. The third-order valence-corrected chi connectivity index (χ3v) is 4.78. The summed E-state index contributed by atoms with van der Waals surface area (Å²) in [6.45, 7) is 4.35. The SMILES string of the molecule is CC(C)c1cccc2ccc(-c3ccc(-c4ccc(C(=O)O)cc4)[nH]3)nc12. The fraction of sp³-hybridized carbons (Fsp3) is 0.130. The number of fused-ring (bicyclic) bond motifs is 1. The van der Waals surface area contributed by atoms with Gasteiger partial charge < -0.3 is 10.1 Å². The molecule has 4 rings (SSSR count). The van der Waals surface area contributed by atoms with E-state index in [-0.39, 0.29) is 5.56 Å². The van der Waals surface area contributed by atoms with Crippen molar-refractivity contribution in [2.45, 2.75) is 19.8 Å². The lowest BCUT2D eigenvalue weighted by molar-refractivity contribution is 0.0697. The third-order valence-electron chi connectivity index (χ3n) is 4.78. The topological polar surface area (TPSA) is 66.0 Å². The average Bonchev–Trinajstić information content (AvgIpc) is 3.17. The Labute approximate surface area is 157 Å². The molecule has 134 valence electrons. The highest BCUT2D eigenvalue weighted by molar-refractivity contribution is 5.88. The first-order valence-electron chi connectivity index (χ1n) is 8.96. The molecule has 27 heavy (non-hydrogen) atoms. The maximum absolute atomic E-state index is 11.0. The number of H-pyrrole nitrogens is 1. The normalized spacial score (nSPS) is 11.2. The smallest absolute Gasteiger partial charge is 0.335 e. The van der Waals surface area contributed by atoms with E-state index in [1.807, 2.05) is 30.3 Å². The Balaban J connectivity index is 1.72. The Kier molecular flexibility index (Phi) is 4.24. The van der Waals surface area contributed by atoms with E-state index in [1.54, 1.807) is 12.1 Å². The van der Waals surface area contributed by atoms with Gasteiger partial charge in [-0.3, -0.25) is 0 Å². The summed E-state index contributed by atoms with van der Waals surface area (Å²) in [5.41, 5.74) is 6.26. The van der Waals surface area contributed by atoms with Crippen molar-refractivity contribution in [3.8, 4) is 22.6 Å². The fourth-order valence-corrected chi connectivity index (χ4v) is 3.29. The van der Waals surface area contributed by atoms with Gasteiger partial charge in [0.1, 0.15) is 0 Å². The minimum absolute atomic E-state index is 0.281. The highest BCUT2D eigenvalue weighted by Gasteiger charge is 2.10. The number of rotatable bonds is 4. The van der Waals surface area contributed by atoms with E-state index in [1.165, 1.54) is 5.56 Å². The van der Waals surface area contributed by atoms with Crippen LogP contribution in [0.4, 0.5) is 0 Å². The number of carboxylic acids is 1. The summed E-state index contributed by atoms with van der Waals surface area (Å²) in [6, 6.07) is 21.3. The van der Waals surface area contributed by atoms with E-state index in [4.69, 9.17) is 10.1 Å². The molecule has 2 aromatic heterocycles. The molecule has 2 N–H and O–H groups in total. The standard InChI is InChI=1S/C23H20N2O2/c1-14(2)18-5-3-4-16-10-11-21(25-22(16)18)20-13-12-19(24-20)15-6-8-17(9-7-15)23(26)27/h3-14,24H,1-2H3,(H,26,27). The number of aromatic nitrogens is 2. The van der Waals surface area contributed by atoms with Crippen molar-refractivity contribution < 1.29 is 9.90 Å². The number of para-hydroxylation sites is 1. The van der Waals surface area contributed by atoms with Gasteiger partial charge in [-0.1, -0.05) is 50.2 Å². The van der Waals surface area contributed by atoms with Crippen LogP contribution < -0.4 is 0 Å². The summed E-state index contributed by atoms with van der Waals surface area (Å²) >= 11 is 0. The first kappa shape index (κ1) is 17.0. The van der Waals surface area contributed by atoms with Gasteiger partial charge in [-0.15, -0.1) is 0 Å². The zero-order chi connectivity index (χ0) is 19.0. The number of nitrogens with zero attached hydrogens (tertiary/aromatic N) is 1. The van der Waals surface area contributed by atoms with Crippen molar-refractivity contribution in [3.05, 3.63) is 77.9 Å². The average molecular weight is 356 g/mol. The Morgan fingerprint density at radius 2 is 1.67 bits per heavy atom. The van der Waals surface area contributed by atoms with Crippen LogP contribution in [0.1, 0.15) is 35.7 Å². The summed E-state index contributed by atoms with van der Waals surface area (Å²) in [7, 11) is 0. The largest absolute Gasteiger partial charge is 0.478 e. The number of hydrogen-bond acceptors (Lipinski definition) is 2. The molecule has 0 aliphatic rings. The molecule has 0 spiro atoms. The second-order valence-electron chi connectivity index (χ2n) is 6.94. The first-order chi connectivity index (χ1) is 13.0. The van der Waals surface area contributed by atoms with Crippen LogP contribution in [-0.4, -0.2) is 21.0 Å². The molecular weight excluding hydrogens is 336 g/mol. The molecular formula is C23H20N2O2. The molecule has 4 nitrogen and oxygen atoms in total. The number of carboxylic acid groups (broad SMARTS) is 1. The van der Waals surface area contributed by atoms with E-state index < -0.39 is 5.97 Å². The van der Waals surface area contributed by atoms with Gasteiger partial charge >= 0.3 is 5.97 Å². The van der Waals surface area contributed by atoms with Crippen molar-refractivity contribution >= 4 is 16.9 Å². The summed E-state index contributed by atoms with van der Waals surface area (Å²) < 4.78 is 0. The van der Waals surface area contributed by atoms with Crippen molar-refractivity contribution in [1.82, 2.24) is 9.97 Å². The number of aromatic carboxylic acids is 1. The van der Waals surface area contributed by atoms with Crippen LogP contribution in [0.5, 0.6) is 0 Å². The molecule has 0 fully saturated rings. The molecule has 0 aliphatic carbocycles. The predicted molar refractivity (Wildman–Crippen MR) is 108 cm³/mol. The fourth-order valence-electron chi connectivity index (χ4n) is 3.29. The lowest BCUT2D eigenvalue weighted by Gasteiger charge is -2.10. The predicted octanol–water partition coefficient (Wildman–Crippen LogP) is 5.72. The van der Waals surface area contributed by atoms with Crippen LogP contribution in [0.2, 0.25) is 0 Å². The maximum atomic E-state index is 11.0. The van der Waals surface area contributed by atoms with Crippen molar-refractivity contribution in [2.75, 3.05) is 0 Å². The molecule has 4 aromatic rings. The molecule has 0 saturated heterocycles. The van der Waals surface area contributed by atoms with E-state index in [2.05, 4.69) is 43.1 Å². The molecule has 0 unspecified atom stereocenters. The van der Waals surface area contributed by atoms with E-state index in [9.17, 15) is 4.79 Å².